The van der Waals surface area contributed by atoms with Crippen LogP contribution in [-0.4, -0.2) is 19.6 Å². The smallest absolute Gasteiger partial charge is 0.276 e. The van der Waals surface area contributed by atoms with Gasteiger partial charge in [0.15, 0.2) is 0 Å². The molecule has 0 spiro atoms. The Hall–Kier alpha value is -3.58. The van der Waals surface area contributed by atoms with Crippen molar-refractivity contribution in [3.05, 3.63) is 95.7 Å². The highest BCUT2D eigenvalue weighted by Gasteiger charge is 2.12. The molecule has 0 aliphatic rings. The summed E-state index contributed by atoms with van der Waals surface area (Å²) in [6.07, 6.45) is 3.25. The third-order valence-corrected chi connectivity index (χ3v) is 5.88. The van der Waals surface area contributed by atoms with Gasteiger partial charge in [0.25, 0.3) is 10.0 Å². The molecule has 4 rings (SSSR count). The first-order valence-corrected chi connectivity index (χ1v) is 10.9. The van der Waals surface area contributed by atoms with Gasteiger partial charge in [-0.1, -0.05) is 48.0 Å². The second-order valence-electron chi connectivity index (χ2n) is 6.89. The number of ether oxygens (including phenoxy) is 1. The molecule has 30 heavy (non-hydrogen) atoms. The number of rotatable bonds is 7. The third-order valence-electron chi connectivity index (χ3n) is 4.64. The number of benzene rings is 3. The number of sulfonamides is 1. The SMILES string of the molecule is Cc1ccc(S(=O)(=O)NN=Cc2c[nH]c3ccc(OCc4ccccc4)cc23)cc1. The second-order valence-corrected chi connectivity index (χ2v) is 8.55. The summed E-state index contributed by atoms with van der Waals surface area (Å²) in [5, 5.41) is 4.82. The minimum absolute atomic E-state index is 0.167. The van der Waals surface area contributed by atoms with Crippen LogP contribution in [0.5, 0.6) is 5.75 Å². The monoisotopic (exact) mass is 419 g/mol. The van der Waals surface area contributed by atoms with E-state index in [-0.39, 0.29) is 4.90 Å². The average Bonchev–Trinajstić information content (AvgIpc) is 3.15. The molecule has 1 aromatic heterocycles. The van der Waals surface area contributed by atoms with Gasteiger partial charge >= 0.3 is 0 Å². The zero-order valence-corrected chi connectivity index (χ0v) is 17.2. The molecule has 2 N–H and O–H groups in total. The fourth-order valence-electron chi connectivity index (χ4n) is 2.99. The molecule has 0 saturated carbocycles. The Morgan fingerprint density at radius 2 is 1.80 bits per heavy atom. The van der Waals surface area contributed by atoms with Gasteiger partial charge < -0.3 is 9.72 Å². The molecule has 0 fully saturated rings. The lowest BCUT2D eigenvalue weighted by Crippen LogP contribution is -2.18. The Kier molecular flexibility index (Phi) is 5.54. The molecule has 0 aliphatic heterocycles. The first-order valence-electron chi connectivity index (χ1n) is 9.41. The molecule has 0 atom stereocenters. The normalized spacial score (nSPS) is 11.8. The van der Waals surface area contributed by atoms with E-state index >= 15 is 0 Å². The zero-order valence-electron chi connectivity index (χ0n) is 16.4. The Labute approximate surface area is 175 Å². The maximum Gasteiger partial charge on any atom is 0.276 e. The molecule has 1 heterocycles. The van der Waals surface area contributed by atoms with E-state index in [1.165, 1.54) is 6.21 Å². The summed E-state index contributed by atoms with van der Waals surface area (Å²) >= 11 is 0. The number of hydrogen-bond acceptors (Lipinski definition) is 4. The van der Waals surface area contributed by atoms with Crippen LogP contribution in [0.1, 0.15) is 16.7 Å². The molecule has 0 aliphatic carbocycles. The summed E-state index contributed by atoms with van der Waals surface area (Å²) in [5.41, 5.74) is 3.73. The predicted molar refractivity (Wildman–Crippen MR) is 118 cm³/mol. The molecule has 0 bridgehead atoms. The van der Waals surface area contributed by atoms with Crippen molar-refractivity contribution >= 4 is 27.1 Å². The molecule has 0 unspecified atom stereocenters. The van der Waals surface area contributed by atoms with Gasteiger partial charge in [0.05, 0.1) is 11.1 Å². The highest BCUT2D eigenvalue weighted by molar-refractivity contribution is 7.89. The molecular formula is C23H21N3O3S. The standard InChI is InChI=1S/C23H21N3O3S/c1-17-7-10-21(11-8-17)30(27,28)26-25-15-19-14-24-23-12-9-20(13-22(19)23)29-16-18-5-3-2-4-6-18/h2-15,24,26H,16H2,1H3. The number of H-pyrrole nitrogens is 1. The molecule has 152 valence electrons. The van der Waals surface area contributed by atoms with Crippen LogP contribution in [-0.2, 0) is 16.6 Å². The van der Waals surface area contributed by atoms with Gasteiger partial charge in [-0.25, -0.2) is 4.83 Å². The Morgan fingerprint density at radius 3 is 2.57 bits per heavy atom. The topological polar surface area (TPSA) is 83.5 Å². The van der Waals surface area contributed by atoms with Gasteiger partial charge in [-0.2, -0.15) is 13.5 Å². The minimum atomic E-state index is -3.71. The van der Waals surface area contributed by atoms with Gasteiger partial charge in [-0.05, 0) is 42.8 Å². The maximum atomic E-state index is 12.4. The van der Waals surface area contributed by atoms with Crippen molar-refractivity contribution in [3.63, 3.8) is 0 Å². The van der Waals surface area contributed by atoms with Crippen LogP contribution < -0.4 is 9.57 Å². The van der Waals surface area contributed by atoms with Crippen molar-refractivity contribution in [2.24, 2.45) is 5.10 Å². The lowest BCUT2D eigenvalue weighted by atomic mass is 10.2. The van der Waals surface area contributed by atoms with E-state index < -0.39 is 10.0 Å². The number of aromatic nitrogens is 1. The molecule has 3 aromatic carbocycles. The van der Waals surface area contributed by atoms with Crippen LogP contribution in [0.25, 0.3) is 10.9 Å². The van der Waals surface area contributed by atoms with Crippen LogP contribution in [0.4, 0.5) is 0 Å². The molecule has 7 heteroatoms. The lowest BCUT2D eigenvalue weighted by Gasteiger charge is -2.06. The van der Waals surface area contributed by atoms with E-state index in [4.69, 9.17) is 4.74 Å². The first kappa shape index (κ1) is 19.7. The van der Waals surface area contributed by atoms with Crippen LogP contribution in [0.15, 0.2) is 89.0 Å². The number of nitrogens with zero attached hydrogens (tertiary/aromatic N) is 1. The Balaban J connectivity index is 1.49. The quantitative estimate of drug-likeness (QED) is 0.345. The van der Waals surface area contributed by atoms with E-state index in [2.05, 4.69) is 14.9 Å². The van der Waals surface area contributed by atoms with Crippen LogP contribution in [0.3, 0.4) is 0 Å². The Morgan fingerprint density at radius 1 is 1.03 bits per heavy atom. The highest BCUT2D eigenvalue weighted by Crippen LogP contribution is 2.23. The zero-order chi connectivity index (χ0) is 21.0. The van der Waals surface area contributed by atoms with Gasteiger partial charge in [0.2, 0.25) is 0 Å². The van der Waals surface area contributed by atoms with E-state index in [9.17, 15) is 8.42 Å². The lowest BCUT2D eigenvalue weighted by molar-refractivity contribution is 0.306. The van der Waals surface area contributed by atoms with Crippen molar-refractivity contribution in [2.75, 3.05) is 0 Å². The summed E-state index contributed by atoms with van der Waals surface area (Å²) in [5.74, 6) is 0.723. The van der Waals surface area contributed by atoms with Crippen LogP contribution >= 0.6 is 0 Å². The summed E-state index contributed by atoms with van der Waals surface area (Å²) in [7, 11) is -3.71. The highest BCUT2D eigenvalue weighted by atomic mass is 32.2. The molecule has 4 aromatic rings. The summed E-state index contributed by atoms with van der Waals surface area (Å²) in [6.45, 7) is 2.37. The second kappa shape index (κ2) is 8.42. The number of hydrogen-bond donors (Lipinski definition) is 2. The fraction of sp³-hybridized carbons (Fsp3) is 0.0870. The molecule has 0 radical (unpaired) electrons. The van der Waals surface area contributed by atoms with Crippen LogP contribution in [0, 0.1) is 6.92 Å². The van der Waals surface area contributed by atoms with E-state index in [0.29, 0.717) is 6.61 Å². The van der Waals surface area contributed by atoms with E-state index in [1.807, 2.05) is 55.5 Å². The molecular weight excluding hydrogens is 398 g/mol. The summed E-state index contributed by atoms with van der Waals surface area (Å²) in [6, 6.07) is 22.2. The first-order chi connectivity index (χ1) is 14.5. The van der Waals surface area contributed by atoms with E-state index in [0.717, 1.165) is 33.3 Å². The van der Waals surface area contributed by atoms with Crippen LogP contribution in [0.2, 0.25) is 0 Å². The number of aryl methyl sites for hydroxylation is 1. The average molecular weight is 420 g/mol. The van der Waals surface area contributed by atoms with Crippen molar-refractivity contribution in [1.82, 2.24) is 9.82 Å². The van der Waals surface area contributed by atoms with Gasteiger partial charge in [0.1, 0.15) is 12.4 Å². The minimum Gasteiger partial charge on any atom is -0.489 e. The van der Waals surface area contributed by atoms with E-state index in [1.54, 1.807) is 30.5 Å². The number of nitrogens with one attached hydrogen (secondary N) is 2. The van der Waals surface area contributed by atoms with Crippen molar-refractivity contribution in [2.45, 2.75) is 18.4 Å². The fourth-order valence-corrected chi connectivity index (χ4v) is 3.79. The van der Waals surface area contributed by atoms with Crippen molar-refractivity contribution in [3.8, 4) is 5.75 Å². The molecule has 0 amide bonds. The molecule has 6 nitrogen and oxygen atoms in total. The summed E-state index contributed by atoms with van der Waals surface area (Å²) in [4.78, 5) is 5.57. The number of aromatic amines is 1. The number of hydrazone groups is 1. The predicted octanol–water partition coefficient (Wildman–Crippen LogP) is 4.37. The summed E-state index contributed by atoms with van der Waals surface area (Å²) < 4.78 is 30.6. The number of fused-ring (bicyclic) bond motifs is 1. The van der Waals surface area contributed by atoms with Gasteiger partial charge in [0, 0.05) is 22.7 Å². The molecule has 0 saturated heterocycles. The third kappa shape index (κ3) is 4.52. The van der Waals surface area contributed by atoms with Gasteiger partial charge in [-0.15, -0.1) is 0 Å². The largest absolute Gasteiger partial charge is 0.489 e. The Bertz CT molecular complexity index is 1280. The maximum absolute atomic E-state index is 12.4. The van der Waals surface area contributed by atoms with Gasteiger partial charge in [-0.3, -0.25) is 0 Å². The van der Waals surface area contributed by atoms with Crippen molar-refractivity contribution in [1.29, 1.82) is 0 Å². The van der Waals surface area contributed by atoms with Crippen molar-refractivity contribution < 1.29 is 13.2 Å².